The summed E-state index contributed by atoms with van der Waals surface area (Å²) in [6.45, 7) is 10.5. The molecule has 1 N–H and O–H groups in total. The molecular formula is C34H51N3O5. The van der Waals surface area contributed by atoms with Crippen molar-refractivity contribution in [3.05, 3.63) is 34.9 Å². The van der Waals surface area contributed by atoms with Crippen LogP contribution in [-0.4, -0.2) is 88.7 Å². The van der Waals surface area contributed by atoms with Gasteiger partial charge in [-0.05, 0) is 69.4 Å². The molecule has 3 aliphatic heterocycles. The van der Waals surface area contributed by atoms with Gasteiger partial charge in [-0.3, -0.25) is 14.5 Å². The average Bonchev–Trinajstić information content (AvgIpc) is 2.98. The van der Waals surface area contributed by atoms with Gasteiger partial charge in [0.2, 0.25) is 0 Å². The number of nitrogens with zero attached hydrogens (tertiary/aromatic N) is 3. The molecule has 232 valence electrons. The summed E-state index contributed by atoms with van der Waals surface area (Å²) < 4.78 is 6.39. The van der Waals surface area contributed by atoms with Gasteiger partial charge >= 0.3 is 12.1 Å². The number of hydrogen-bond acceptors (Lipinski definition) is 5. The van der Waals surface area contributed by atoms with Gasteiger partial charge < -0.3 is 19.6 Å². The molecule has 8 heteroatoms. The third-order valence-corrected chi connectivity index (χ3v) is 10.9. The fourth-order valence-electron chi connectivity index (χ4n) is 8.11. The lowest BCUT2D eigenvalue weighted by Gasteiger charge is -2.52. The van der Waals surface area contributed by atoms with E-state index in [4.69, 9.17) is 4.74 Å². The molecule has 8 nitrogen and oxygen atoms in total. The van der Waals surface area contributed by atoms with E-state index in [9.17, 15) is 19.5 Å². The molecule has 2 atom stereocenters. The molecule has 4 fully saturated rings. The van der Waals surface area contributed by atoms with E-state index in [0.717, 1.165) is 81.5 Å². The minimum Gasteiger partial charge on any atom is -0.481 e. The maximum Gasteiger partial charge on any atom is 0.410 e. The summed E-state index contributed by atoms with van der Waals surface area (Å²) in [5, 5.41) is 9.52. The zero-order valence-electron chi connectivity index (χ0n) is 26.0. The van der Waals surface area contributed by atoms with Crippen molar-refractivity contribution < 1.29 is 24.2 Å². The number of ether oxygens (including phenoxy) is 1. The Bertz CT molecular complexity index is 1100. The standard InChI is InChI=1S/C34H51N3O5/c1-24-8-7-9-25(2)30(24)31(38)36-18-14-29(15-19-36)35-20-16-34(17-21-35)28(13-12-26(3)32(39)40)23-37(33(41)42-34)22-27-10-5-4-6-11-27/h7-9,26-29H,4-6,10-23H2,1-3H3,(H,39,40). The number of piperidine rings is 2. The van der Waals surface area contributed by atoms with Crippen LogP contribution in [0.3, 0.4) is 0 Å². The van der Waals surface area contributed by atoms with Crippen LogP contribution in [0.4, 0.5) is 4.79 Å². The summed E-state index contributed by atoms with van der Waals surface area (Å²) in [7, 11) is 0. The number of hydrogen-bond donors (Lipinski definition) is 1. The van der Waals surface area contributed by atoms with Crippen molar-refractivity contribution >= 4 is 18.0 Å². The minimum atomic E-state index is -0.756. The maximum atomic E-state index is 13.3. The van der Waals surface area contributed by atoms with E-state index in [2.05, 4.69) is 4.90 Å². The Morgan fingerprint density at radius 1 is 1.00 bits per heavy atom. The Labute approximate surface area is 251 Å². The molecular weight excluding hydrogens is 530 g/mol. The number of carboxylic acid groups (broad SMARTS) is 1. The Hall–Kier alpha value is -2.61. The van der Waals surface area contributed by atoms with Crippen molar-refractivity contribution in [2.75, 3.05) is 39.3 Å². The van der Waals surface area contributed by atoms with Gasteiger partial charge in [0, 0.05) is 69.6 Å². The molecule has 3 saturated heterocycles. The molecule has 0 radical (unpaired) electrons. The van der Waals surface area contributed by atoms with Crippen molar-refractivity contribution in [1.29, 1.82) is 0 Å². The second-order valence-electron chi connectivity index (χ2n) is 13.7. The Kier molecular flexibility index (Phi) is 9.81. The second kappa shape index (κ2) is 13.4. The highest BCUT2D eigenvalue weighted by molar-refractivity contribution is 5.97. The number of amides is 2. The SMILES string of the molecule is Cc1cccc(C)c1C(=O)N1CCC(N2CCC3(CC2)OC(=O)N(CC2CCCCC2)CC3CCC(C)C(=O)O)CC1. The van der Waals surface area contributed by atoms with Crippen molar-refractivity contribution in [1.82, 2.24) is 14.7 Å². The monoisotopic (exact) mass is 581 g/mol. The smallest absolute Gasteiger partial charge is 0.410 e. The number of aliphatic carboxylic acids is 1. The van der Waals surface area contributed by atoms with Gasteiger partial charge in [-0.25, -0.2) is 4.79 Å². The number of rotatable bonds is 8. The highest BCUT2D eigenvalue weighted by atomic mass is 16.6. The number of benzene rings is 1. The summed E-state index contributed by atoms with van der Waals surface area (Å²) in [4.78, 5) is 44.7. The summed E-state index contributed by atoms with van der Waals surface area (Å²) in [5.41, 5.74) is 2.41. The normalized spacial score (nSPS) is 24.9. The molecule has 1 aromatic carbocycles. The van der Waals surface area contributed by atoms with E-state index in [1.807, 2.05) is 41.8 Å². The van der Waals surface area contributed by atoms with Crippen molar-refractivity contribution in [3.8, 4) is 0 Å². The van der Waals surface area contributed by atoms with Crippen LogP contribution in [-0.2, 0) is 9.53 Å². The lowest BCUT2D eigenvalue weighted by atomic mass is 9.74. The van der Waals surface area contributed by atoms with Crippen molar-refractivity contribution in [2.45, 2.75) is 103 Å². The van der Waals surface area contributed by atoms with Crippen LogP contribution >= 0.6 is 0 Å². The van der Waals surface area contributed by atoms with Gasteiger partial charge in [0.15, 0.2) is 0 Å². The Morgan fingerprint density at radius 3 is 2.26 bits per heavy atom. The predicted octanol–water partition coefficient (Wildman–Crippen LogP) is 5.89. The topological polar surface area (TPSA) is 90.4 Å². The zero-order chi connectivity index (χ0) is 29.9. The third-order valence-electron chi connectivity index (χ3n) is 10.9. The molecule has 1 spiro atoms. The first-order valence-corrected chi connectivity index (χ1v) is 16.5. The molecule has 3 heterocycles. The van der Waals surface area contributed by atoms with Crippen LogP contribution < -0.4 is 0 Å². The second-order valence-corrected chi connectivity index (χ2v) is 13.7. The number of carbonyl (C=O) groups excluding carboxylic acids is 2. The fourth-order valence-corrected chi connectivity index (χ4v) is 8.11. The van der Waals surface area contributed by atoms with E-state index >= 15 is 0 Å². The first-order valence-electron chi connectivity index (χ1n) is 16.5. The van der Waals surface area contributed by atoms with Crippen LogP contribution in [0.15, 0.2) is 18.2 Å². The lowest BCUT2D eigenvalue weighted by molar-refractivity contribution is -0.143. The fraction of sp³-hybridized carbons (Fsp3) is 0.735. The minimum absolute atomic E-state index is 0.145. The van der Waals surface area contributed by atoms with Gasteiger partial charge in [-0.15, -0.1) is 0 Å². The van der Waals surface area contributed by atoms with Crippen LogP contribution in [0, 0.1) is 31.6 Å². The highest BCUT2D eigenvalue weighted by Gasteiger charge is 2.50. The Morgan fingerprint density at radius 2 is 1.64 bits per heavy atom. The summed E-state index contributed by atoms with van der Waals surface area (Å²) in [6.07, 6.45) is 10.8. The molecule has 1 saturated carbocycles. The molecule has 4 aliphatic rings. The molecule has 5 rings (SSSR count). The molecule has 2 unspecified atom stereocenters. The molecule has 0 bridgehead atoms. The van der Waals surface area contributed by atoms with Crippen molar-refractivity contribution in [2.24, 2.45) is 17.8 Å². The number of likely N-dealkylation sites (tertiary alicyclic amines) is 2. The summed E-state index contributed by atoms with van der Waals surface area (Å²) in [6, 6.07) is 6.46. The van der Waals surface area contributed by atoms with Crippen LogP contribution in [0.25, 0.3) is 0 Å². The van der Waals surface area contributed by atoms with Gasteiger partial charge in [0.1, 0.15) is 5.60 Å². The van der Waals surface area contributed by atoms with E-state index in [0.29, 0.717) is 24.9 Å². The maximum absolute atomic E-state index is 13.3. The molecule has 42 heavy (non-hydrogen) atoms. The van der Waals surface area contributed by atoms with Gasteiger partial charge in [-0.2, -0.15) is 0 Å². The average molecular weight is 582 g/mol. The van der Waals surface area contributed by atoms with E-state index in [1.165, 1.54) is 32.1 Å². The first-order chi connectivity index (χ1) is 20.2. The van der Waals surface area contributed by atoms with E-state index in [1.54, 1.807) is 6.92 Å². The number of aryl methyl sites for hydroxylation is 2. The lowest BCUT2D eigenvalue weighted by Crippen LogP contribution is -2.61. The molecule has 1 aromatic rings. The van der Waals surface area contributed by atoms with Gasteiger partial charge in [0.05, 0.1) is 5.92 Å². The van der Waals surface area contributed by atoms with Gasteiger partial charge in [0.25, 0.3) is 5.91 Å². The summed E-state index contributed by atoms with van der Waals surface area (Å²) in [5.74, 6) is -0.309. The van der Waals surface area contributed by atoms with E-state index in [-0.39, 0.29) is 17.9 Å². The van der Waals surface area contributed by atoms with Crippen LogP contribution in [0.2, 0.25) is 0 Å². The zero-order valence-corrected chi connectivity index (χ0v) is 26.0. The van der Waals surface area contributed by atoms with E-state index < -0.39 is 17.5 Å². The molecule has 0 aromatic heterocycles. The summed E-state index contributed by atoms with van der Waals surface area (Å²) >= 11 is 0. The number of carboxylic acids is 1. The van der Waals surface area contributed by atoms with Crippen molar-refractivity contribution in [3.63, 3.8) is 0 Å². The number of carbonyl (C=O) groups is 3. The third kappa shape index (κ3) is 6.79. The van der Waals surface area contributed by atoms with Gasteiger partial charge in [-0.1, -0.05) is 44.4 Å². The van der Waals surface area contributed by atoms with Crippen LogP contribution in [0.5, 0.6) is 0 Å². The quantitative estimate of drug-likeness (QED) is 0.412. The van der Waals surface area contributed by atoms with Crippen LogP contribution in [0.1, 0.15) is 99.0 Å². The largest absolute Gasteiger partial charge is 0.481 e. The first kappa shape index (κ1) is 30.8. The molecule has 2 amide bonds. The highest BCUT2D eigenvalue weighted by Crippen LogP contribution is 2.42. The Balaban J connectivity index is 1.19. The predicted molar refractivity (Wildman–Crippen MR) is 163 cm³/mol. The molecule has 1 aliphatic carbocycles.